The lowest BCUT2D eigenvalue weighted by Gasteiger charge is -2.37. The van der Waals surface area contributed by atoms with Gasteiger partial charge in [0.05, 0.1) is 24.5 Å². The van der Waals surface area contributed by atoms with E-state index in [1.165, 1.54) is 11.4 Å². The molecule has 10 heteroatoms. The van der Waals surface area contributed by atoms with Gasteiger partial charge in [-0.25, -0.2) is 13.2 Å². The van der Waals surface area contributed by atoms with Crippen LogP contribution >= 0.6 is 0 Å². The molecule has 3 aromatic rings. The highest BCUT2D eigenvalue weighted by Gasteiger charge is 2.37. The lowest BCUT2D eigenvalue weighted by molar-refractivity contribution is -0.142. The lowest BCUT2D eigenvalue weighted by Crippen LogP contribution is -2.50. The van der Waals surface area contributed by atoms with Crippen molar-refractivity contribution in [3.63, 3.8) is 0 Å². The fraction of sp³-hybridized carbons (Fsp3) is 0.355. The highest BCUT2D eigenvalue weighted by Crippen LogP contribution is 2.29. The number of methoxy groups -OCH3 is 1. The van der Waals surface area contributed by atoms with Gasteiger partial charge in [-0.3, -0.25) is 4.79 Å². The maximum Gasteiger partial charge on any atom is 0.408 e. The average Bonchev–Trinajstić information content (AvgIpc) is 2.92. The third-order valence-electron chi connectivity index (χ3n) is 6.56. The van der Waals surface area contributed by atoms with Gasteiger partial charge in [-0.15, -0.1) is 0 Å². The van der Waals surface area contributed by atoms with Crippen LogP contribution in [0.1, 0.15) is 49.9 Å². The van der Waals surface area contributed by atoms with E-state index in [1.807, 2.05) is 75.4 Å². The van der Waals surface area contributed by atoms with Gasteiger partial charge in [0.1, 0.15) is 18.0 Å². The molecule has 218 valence electrons. The van der Waals surface area contributed by atoms with Crippen LogP contribution < -0.4 is 10.1 Å². The summed E-state index contributed by atoms with van der Waals surface area (Å²) in [6, 6.07) is 23.2. The summed E-state index contributed by atoms with van der Waals surface area (Å²) in [5.41, 5.74) is 1.88. The molecule has 0 bridgehead atoms. The molecule has 1 fully saturated rings. The van der Waals surface area contributed by atoms with Crippen LogP contribution in [0.25, 0.3) is 0 Å². The van der Waals surface area contributed by atoms with Gasteiger partial charge in [0.2, 0.25) is 10.0 Å². The fourth-order valence-corrected chi connectivity index (χ4v) is 6.05. The van der Waals surface area contributed by atoms with Crippen molar-refractivity contribution in [1.82, 2.24) is 9.62 Å². The van der Waals surface area contributed by atoms with E-state index < -0.39 is 27.8 Å². The van der Waals surface area contributed by atoms with E-state index in [-0.39, 0.29) is 29.8 Å². The molecule has 0 saturated carbocycles. The number of carbonyl (C=O) groups is 2. The lowest BCUT2D eigenvalue weighted by atomic mass is 9.98. The molecule has 1 atom stereocenters. The minimum atomic E-state index is -3.63. The summed E-state index contributed by atoms with van der Waals surface area (Å²) >= 11 is 0. The normalized spacial score (nSPS) is 14.9. The van der Waals surface area contributed by atoms with Crippen LogP contribution in [0.4, 0.5) is 4.79 Å². The molecule has 1 aliphatic heterocycles. The zero-order valence-electron chi connectivity index (χ0n) is 23.7. The van der Waals surface area contributed by atoms with Crippen LogP contribution in [0.3, 0.4) is 0 Å². The van der Waals surface area contributed by atoms with E-state index in [4.69, 9.17) is 9.47 Å². The Morgan fingerprint density at radius 1 is 0.951 bits per heavy atom. The zero-order valence-corrected chi connectivity index (χ0v) is 24.5. The Balaban J connectivity index is 1.40. The average molecular weight is 581 g/mol. The van der Waals surface area contributed by atoms with Gasteiger partial charge in [0.25, 0.3) is 0 Å². The van der Waals surface area contributed by atoms with Crippen LogP contribution in [0.2, 0.25) is 0 Å². The van der Waals surface area contributed by atoms with Crippen molar-refractivity contribution >= 4 is 22.1 Å². The van der Waals surface area contributed by atoms with Gasteiger partial charge in [0, 0.05) is 13.1 Å². The summed E-state index contributed by atoms with van der Waals surface area (Å²) in [6.45, 7) is 6.26. The topological polar surface area (TPSA) is 111 Å². The van der Waals surface area contributed by atoms with Crippen LogP contribution in [-0.2, 0) is 30.9 Å². The summed E-state index contributed by atoms with van der Waals surface area (Å²) in [7, 11) is -2.31. The number of alkyl carbamates (subject to hydrolysis) is 1. The molecule has 9 nitrogen and oxygen atoms in total. The third kappa shape index (κ3) is 8.08. The summed E-state index contributed by atoms with van der Waals surface area (Å²) < 4.78 is 43.4. The van der Waals surface area contributed by atoms with E-state index in [0.717, 1.165) is 16.7 Å². The standard InChI is InChI=1S/C31H36N2O7S/c1-31(2,3)40-30(35)32-29(24-9-6-5-7-10-24)25-11-8-12-26(18-25)39-21-22-13-15-27(16-14-22)41(36,37)33-19-23(20-33)17-28(34)38-4/h5-16,18,23,29H,17,19-21H2,1-4H3,(H,32,35)/t29-/m0/s1. The molecule has 1 heterocycles. The summed E-state index contributed by atoms with van der Waals surface area (Å²) in [6.07, 6.45) is -0.312. The van der Waals surface area contributed by atoms with Crippen LogP contribution in [0.15, 0.2) is 83.8 Å². The summed E-state index contributed by atoms with van der Waals surface area (Å²) in [4.78, 5) is 24.2. The number of sulfonamides is 1. The second-order valence-electron chi connectivity index (χ2n) is 11.0. The molecule has 0 aromatic heterocycles. The van der Waals surface area contributed by atoms with E-state index in [1.54, 1.807) is 24.3 Å². The molecule has 0 unspecified atom stereocenters. The monoisotopic (exact) mass is 580 g/mol. The molecule has 0 aliphatic carbocycles. The van der Waals surface area contributed by atoms with E-state index in [2.05, 4.69) is 10.1 Å². The largest absolute Gasteiger partial charge is 0.489 e. The number of esters is 1. The molecule has 1 amide bonds. The van der Waals surface area contributed by atoms with Crippen molar-refractivity contribution in [2.45, 2.75) is 50.3 Å². The SMILES string of the molecule is COC(=O)CC1CN(S(=O)(=O)c2ccc(COc3cccc([C@@H](NC(=O)OC(C)(C)C)c4ccccc4)c3)cc2)C1. The van der Waals surface area contributed by atoms with Crippen molar-refractivity contribution in [2.24, 2.45) is 5.92 Å². The first-order chi connectivity index (χ1) is 19.4. The third-order valence-corrected chi connectivity index (χ3v) is 8.40. The molecular formula is C31H36N2O7S. The Morgan fingerprint density at radius 3 is 2.24 bits per heavy atom. The molecule has 3 aromatic carbocycles. The van der Waals surface area contributed by atoms with Crippen LogP contribution in [0.5, 0.6) is 5.75 Å². The number of carbonyl (C=O) groups excluding carboxylic acids is 2. The molecule has 41 heavy (non-hydrogen) atoms. The number of nitrogens with one attached hydrogen (secondary N) is 1. The number of ether oxygens (including phenoxy) is 3. The number of benzene rings is 3. The van der Waals surface area contributed by atoms with Crippen LogP contribution in [0, 0.1) is 5.92 Å². The predicted molar refractivity (Wildman–Crippen MR) is 154 cm³/mol. The van der Waals surface area contributed by atoms with Crippen LogP contribution in [-0.4, -0.2) is 50.6 Å². The smallest absolute Gasteiger partial charge is 0.408 e. The summed E-state index contributed by atoms with van der Waals surface area (Å²) in [5.74, 6) is 0.238. The first-order valence-corrected chi connectivity index (χ1v) is 14.8. The maximum absolute atomic E-state index is 12.9. The Bertz CT molecular complexity index is 1450. The van der Waals surface area contributed by atoms with Gasteiger partial charge in [-0.1, -0.05) is 54.6 Å². The second-order valence-corrected chi connectivity index (χ2v) is 12.9. The highest BCUT2D eigenvalue weighted by molar-refractivity contribution is 7.89. The van der Waals surface area contributed by atoms with E-state index in [9.17, 15) is 18.0 Å². The molecule has 4 rings (SSSR count). The Hall–Kier alpha value is -3.89. The fourth-order valence-electron chi connectivity index (χ4n) is 4.45. The summed E-state index contributed by atoms with van der Waals surface area (Å²) in [5, 5.41) is 2.96. The molecule has 1 N–H and O–H groups in total. The second kappa shape index (κ2) is 12.7. The molecular weight excluding hydrogens is 544 g/mol. The van der Waals surface area contributed by atoms with Gasteiger partial charge in [-0.2, -0.15) is 4.31 Å². The molecule has 0 radical (unpaired) electrons. The Labute approximate surface area is 241 Å². The number of amides is 1. The van der Waals surface area contributed by atoms with Crippen molar-refractivity contribution in [3.05, 3.63) is 95.6 Å². The van der Waals surface area contributed by atoms with Gasteiger partial charge >= 0.3 is 12.1 Å². The van der Waals surface area contributed by atoms with Gasteiger partial charge < -0.3 is 19.5 Å². The van der Waals surface area contributed by atoms with E-state index >= 15 is 0 Å². The minimum absolute atomic E-state index is 0.0264. The van der Waals surface area contributed by atoms with Crippen molar-refractivity contribution < 1.29 is 32.2 Å². The molecule has 1 aliphatic rings. The predicted octanol–water partition coefficient (Wildman–Crippen LogP) is 5.06. The molecule has 0 spiro atoms. The van der Waals surface area contributed by atoms with Gasteiger partial charge in [-0.05, 0) is 67.6 Å². The highest BCUT2D eigenvalue weighted by atomic mass is 32.2. The number of hydrogen-bond acceptors (Lipinski definition) is 7. The van der Waals surface area contributed by atoms with Crippen molar-refractivity contribution in [1.29, 1.82) is 0 Å². The number of hydrogen-bond donors (Lipinski definition) is 1. The quantitative estimate of drug-likeness (QED) is 0.334. The molecule has 1 saturated heterocycles. The maximum atomic E-state index is 12.9. The minimum Gasteiger partial charge on any atom is -0.489 e. The first-order valence-electron chi connectivity index (χ1n) is 13.4. The van der Waals surface area contributed by atoms with Crippen molar-refractivity contribution in [3.8, 4) is 5.75 Å². The van der Waals surface area contributed by atoms with E-state index in [0.29, 0.717) is 18.8 Å². The number of nitrogens with zero attached hydrogens (tertiary/aromatic N) is 1. The first kappa shape index (κ1) is 30.1. The van der Waals surface area contributed by atoms with Gasteiger partial charge in [0.15, 0.2) is 0 Å². The zero-order chi connectivity index (χ0) is 29.6. The Morgan fingerprint density at radius 2 is 1.61 bits per heavy atom. The van der Waals surface area contributed by atoms with Crippen molar-refractivity contribution in [2.75, 3.05) is 20.2 Å². The Kier molecular flexibility index (Phi) is 9.35. The number of rotatable bonds is 10.